The molecule has 0 aromatic heterocycles. The van der Waals surface area contributed by atoms with Gasteiger partial charge in [0.1, 0.15) is 0 Å². The molecule has 1 aromatic carbocycles. The van der Waals surface area contributed by atoms with Gasteiger partial charge in [-0.05, 0) is 41.2 Å². The summed E-state index contributed by atoms with van der Waals surface area (Å²) in [5.41, 5.74) is 10.9. The number of hydrogen-bond donors (Lipinski definition) is 1. The van der Waals surface area contributed by atoms with E-state index in [1.54, 1.807) is 0 Å². The van der Waals surface area contributed by atoms with E-state index in [0.717, 1.165) is 12.8 Å². The third-order valence-electron chi connectivity index (χ3n) is 6.56. The van der Waals surface area contributed by atoms with Crippen molar-refractivity contribution in [1.29, 1.82) is 0 Å². The van der Waals surface area contributed by atoms with E-state index in [1.807, 2.05) is 0 Å². The summed E-state index contributed by atoms with van der Waals surface area (Å²) in [6.45, 7) is 0. The molecule has 2 atom stereocenters. The smallest absolute Gasteiger partial charge is 0.0732 e. The maximum Gasteiger partial charge on any atom is 0.0732 e. The summed E-state index contributed by atoms with van der Waals surface area (Å²) in [5, 5.41) is 3.76. The Morgan fingerprint density at radius 2 is 1.66 bits per heavy atom. The number of benzene rings is 1. The SMILES string of the molecule is CN1c2ccccc2C(C2=C3C=CC=CC3NC3=CCCC=C32)=C2C=CC=CC21. The highest BCUT2D eigenvalue weighted by Gasteiger charge is 2.36. The second-order valence-electron chi connectivity index (χ2n) is 8.16. The molecule has 2 heterocycles. The predicted molar refractivity (Wildman–Crippen MR) is 121 cm³/mol. The molecule has 2 unspecified atom stereocenters. The molecule has 0 radical (unpaired) electrons. The Hall–Kier alpha value is -3.26. The van der Waals surface area contributed by atoms with E-state index in [9.17, 15) is 0 Å². The molecule has 0 bridgehead atoms. The molecule has 5 aliphatic rings. The first-order valence-corrected chi connectivity index (χ1v) is 10.5. The molecule has 2 nitrogen and oxygen atoms in total. The Kier molecular flexibility index (Phi) is 3.67. The lowest BCUT2D eigenvalue weighted by Gasteiger charge is -2.42. The summed E-state index contributed by atoms with van der Waals surface area (Å²) in [6.07, 6.45) is 24.9. The number of likely N-dealkylation sites (N-methyl/N-ethyl adjacent to an activating group) is 1. The molecular weight excluding hydrogens is 352 g/mol. The predicted octanol–water partition coefficient (Wildman–Crippen LogP) is 5.38. The van der Waals surface area contributed by atoms with Crippen LogP contribution in [0.4, 0.5) is 5.69 Å². The second kappa shape index (κ2) is 6.38. The van der Waals surface area contributed by atoms with Crippen molar-refractivity contribution in [3.8, 4) is 0 Å². The van der Waals surface area contributed by atoms with Gasteiger partial charge in [-0.15, -0.1) is 0 Å². The zero-order chi connectivity index (χ0) is 19.4. The van der Waals surface area contributed by atoms with Crippen LogP contribution in [0.2, 0.25) is 0 Å². The lowest BCUT2D eigenvalue weighted by atomic mass is 9.74. The molecule has 2 aliphatic heterocycles. The lowest BCUT2D eigenvalue weighted by Crippen LogP contribution is -2.39. The Labute approximate surface area is 172 Å². The van der Waals surface area contributed by atoms with Crippen LogP contribution in [0.25, 0.3) is 5.57 Å². The third-order valence-corrected chi connectivity index (χ3v) is 6.56. The van der Waals surface area contributed by atoms with Gasteiger partial charge in [-0.3, -0.25) is 0 Å². The van der Waals surface area contributed by atoms with Crippen molar-refractivity contribution in [2.45, 2.75) is 24.9 Å². The second-order valence-corrected chi connectivity index (χ2v) is 8.16. The molecule has 0 saturated heterocycles. The van der Waals surface area contributed by atoms with Gasteiger partial charge >= 0.3 is 0 Å². The van der Waals surface area contributed by atoms with E-state index in [1.165, 1.54) is 44.8 Å². The molecule has 6 rings (SSSR count). The largest absolute Gasteiger partial charge is 0.374 e. The van der Waals surface area contributed by atoms with Crippen LogP contribution in [0.15, 0.2) is 113 Å². The summed E-state index contributed by atoms with van der Waals surface area (Å²) in [7, 11) is 2.21. The highest BCUT2D eigenvalue weighted by molar-refractivity contribution is 5.98. The summed E-state index contributed by atoms with van der Waals surface area (Å²) < 4.78 is 0. The van der Waals surface area contributed by atoms with E-state index in [-0.39, 0.29) is 12.1 Å². The number of nitrogens with one attached hydrogen (secondary N) is 1. The van der Waals surface area contributed by atoms with E-state index < -0.39 is 0 Å². The first-order valence-electron chi connectivity index (χ1n) is 10.5. The number of nitrogens with zero attached hydrogens (tertiary/aromatic N) is 1. The summed E-state index contributed by atoms with van der Waals surface area (Å²) in [5.74, 6) is 0. The minimum Gasteiger partial charge on any atom is -0.374 e. The third kappa shape index (κ3) is 2.42. The Balaban J connectivity index is 1.70. The van der Waals surface area contributed by atoms with E-state index >= 15 is 0 Å². The summed E-state index contributed by atoms with van der Waals surface area (Å²) in [4.78, 5) is 2.40. The highest BCUT2D eigenvalue weighted by atomic mass is 15.1. The van der Waals surface area contributed by atoms with Crippen molar-refractivity contribution in [1.82, 2.24) is 5.32 Å². The van der Waals surface area contributed by atoms with Crippen molar-refractivity contribution in [2.24, 2.45) is 0 Å². The number of hydrogen-bond acceptors (Lipinski definition) is 2. The fourth-order valence-corrected chi connectivity index (χ4v) is 5.23. The first kappa shape index (κ1) is 16.7. The molecule has 0 saturated carbocycles. The molecule has 1 aromatic rings. The molecular formula is C27H24N2. The van der Waals surface area contributed by atoms with E-state index in [0.29, 0.717) is 0 Å². The Morgan fingerprint density at radius 3 is 2.59 bits per heavy atom. The summed E-state index contributed by atoms with van der Waals surface area (Å²) >= 11 is 0. The topological polar surface area (TPSA) is 15.3 Å². The van der Waals surface area contributed by atoms with Crippen molar-refractivity contribution in [3.63, 3.8) is 0 Å². The number of anilines is 1. The highest BCUT2D eigenvalue weighted by Crippen LogP contribution is 2.49. The number of fused-ring (bicyclic) bond motifs is 4. The van der Waals surface area contributed by atoms with Crippen LogP contribution >= 0.6 is 0 Å². The molecule has 0 fully saturated rings. The van der Waals surface area contributed by atoms with Gasteiger partial charge in [-0.1, -0.05) is 79.0 Å². The minimum atomic E-state index is 0.234. The van der Waals surface area contributed by atoms with Crippen LogP contribution in [0.1, 0.15) is 18.4 Å². The van der Waals surface area contributed by atoms with Gasteiger partial charge in [0.15, 0.2) is 0 Å². The van der Waals surface area contributed by atoms with Gasteiger partial charge in [0.2, 0.25) is 0 Å². The van der Waals surface area contributed by atoms with Crippen molar-refractivity contribution in [2.75, 3.05) is 11.9 Å². The standard InChI is InChI=1S/C27H24N2/c1-29-24-16-8-4-12-20(24)27(21-13-5-9-17-25(21)29)26-18-10-2-6-14-22(18)28-23-15-7-3-11-19(23)26/h2,4-6,8-17,22,24,28H,3,7H2,1H3. The number of rotatable bonds is 1. The maximum atomic E-state index is 3.76. The first-order chi connectivity index (χ1) is 14.3. The number of allylic oxidation sites excluding steroid dienone is 8. The Bertz CT molecular complexity index is 1150. The van der Waals surface area contributed by atoms with Crippen molar-refractivity contribution in [3.05, 3.63) is 119 Å². The fraction of sp³-hybridized carbons (Fsp3) is 0.185. The maximum absolute atomic E-state index is 3.76. The monoisotopic (exact) mass is 376 g/mol. The molecule has 2 heteroatoms. The zero-order valence-electron chi connectivity index (χ0n) is 16.6. The van der Waals surface area contributed by atoms with Crippen LogP contribution in [0, 0.1) is 0 Å². The molecule has 3 aliphatic carbocycles. The minimum absolute atomic E-state index is 0.234. The average molecular weight is 377 g/mol. The number of para-hydroxylation sites is 1. The van der Waals surface area contributed by atoms with Gasteiger partial charge in [0, 0.05) is 29.6 Å². The quantitative estimate of drug-likeness (QED) is 0.708. The van der Waals surface area contributed by atoms with Crippen LogP contribution in [0.5, 0.6) is 0 Å². The van der Waals surface area contributed by atoms with Crippen molar-refractivity contribution < 1.29 is 0 Å². The molecule has 142 valence electrons. The normalized spacial score (nSPS) is 26.3. The molecule has 0 amide bonds. The van der Waals surface area contributed by atoms with E-state index in [2.05, 4.69) is 102 Å². The van der Waals surface area contributed by atoms with Gasteiger partial charge in [-0.2, -0.15) is 0 Å². The van der Waals surface area contributed by atoms with Gasteiger partial charge in [0.05, 0.1) is 12.1 Å². The van der Waals surface area contributed by atoms with Gasteiger partial charge in [-0.25, -0.2) is 0 Å². The van der Waals surface area contributed by atoms with Crippen LogP contribution in [0.3, 0.4) is 0 Å². The zero-order valence-corrected chi connectivity index (χ0v) is 16.6. The van der Waals surface area contributed by atoms with Crippen LogP contribution in [-0.2, 0) is 0 Å². The summed E-state index contributed by atoms with van der Waals surface area (Å²) in [6, 6.07) is 9.37. The van der Waals surface area contributed by atoms with Gasteiger partial charge in [0.25, 0.3) is 0 Å². The van der Waals surface area contributed by atoms with Crippen LogP contribution in [-0.4, -0.2) is 19.1 Å². The van der Waals surface area contributed by atoms with Crippen molar-refractivity contribution >= 4 is 11.3 Å². The molecule has 1 N–H and O–H groups in total. The molecule has 29 heavy (non-hydrogen) atoms. The Morgan fingerprint density at radius 1 is 0.862 bits per heavy atom. The molecule has 0 spiro atoms. The lowest BCUT2D eigenvalue weighted by molar-refractivity contribution is 0.726. The van der Waals surface area contributed by atoms with Gasteiger partial charge < -0.3 is 10.2 Å². The fourth-order valence-electron chi connectivity index (χ4n) is 5.23. The van der Waals surface area contributed by atoms with Crippen LogP contribution < -0.4 is 10.2 Å². The van der Waals surface area contributed by atoms with E-state index in [4.69, 9.17) is 0 Å². The average Bonchev–Trinajstić information content (AvgIpc) is 2.79.